The molecule has 0 aliphatic heterocycles. The van der Waals surface area contributed by atoms with Crippen LogP contribution in [0, 0.1) is 11.8 Å². The van der Waals surface area contributed by atoms with Gasteiger partial charge in [0.2, 0.25) is 0 Å². The van der Waals surface area contributed by atoms with E-state index in [0.717, 1.165) is 0 Å². The largest absolute Gasteiger partial charge is 0.170 e. The van der Waals surface area contributed by atoms with E-state index in [9.17, 15) is 0 Å². The number of benzene rings is 1. The lowest BCUT2D eigenvalue weighted by Gasteiger charge is -2.41. The minimum absolute atomic E-state index is 0.707. The Kier molecular flexibility index (Phi) is 5.90. The summed E-state index contributed by atoms with van der Waals surface area (Å²) in [4.78, 5) is 0. The summed E-state index contributed by atoms with van der Waals surface area (Å²) in [5.41, 5.74) is 0. The van der Waals surface area contributed by atoms with Crippen molar-refractivity contribution in [3.63, 3.8) is 0 Å². The number of halogens is 1. The fraction of sp³-hybridized carbons (Fsp3) is 0.625. The van der Waals surface area contributed by atoms with Gasteiger partial charge in [-0.05, 0) is 23.9 Å². The first-order valence-electron chi connectivity index (χ1n) is 7.43. The Bertz CT molecular complexity index is 375. The van der Waals surface area contributed by atoms with Crippen LogP contribution in [0.25, 0.3) is 0 Å². The predicted octanol–water partition coefficient (Wildman–Crippen LogP) is 5.18. The summed E-state index contributed by atoms with van der Waals surface area (Å²) in [6.07, 6.45) is 0. The molecule has 0 nitrogen and oxygen atoms in total. The van der Waals surface area contributed by atoms with Crippen molar-refractivity contribution in [1.82, 2.24) is 0 Å². The van der Waals surface area contributed by atoms with Crippen LogP contribution < -0.4 is 5.19 Å². The van der Waals surface area contributed by atoms with E-state index in [1.54, 1.807) is 0 Å². The van der Waals surface area contributed by atoms with E-state index in [4.69, 9.17) is 11.1 Å². The van der Waals surface area contributed by atoms with Crippen LogP contribution in [0.3, 0.4) is 0 Å². The summed E-state index contributed by atoms with van der Waals surface area (Å²) in [5.74, 6) is 1.41. The van der Waals surface area contributed by atoms with Gasteiger partial charge < -0.3 is 0 Å². The Balaban J connectivity index is 3.15. The van der Waals surface area contributed by atoms with Gasteiger partial charge in [-0.2, -0.15) is 11.1 Å². The average molecular weight is 313 g/mol. The van der Waals surface area contributed by atoms with Gasteiger partial charge in [0.05, 0.1) is 7.59 Å². The maximum atomic E-state index is 7.36. The van der Waals surface area contributed by atoms with Gasteiger partial charge in [-0.15, -0.1) is 0 Å². The van der Waals surface area contributed by atoms with Crippen LogP contribution in [0.4, 0.5) is 0 Å². The van der Waals surface area contributed by atoms with Gasteiger partial charge in [-0.3, -0.25) is 0 Å². The molecule has 0 fully saturated rings. The van der Waals surface area contributed by atoms with E-state index in [0.29, 0.717) is 11.8 Å². The topological polar surface area (TPSA) is 0 Å². The second-order valence-corrected chi connectivity index (χ2v) is 23.5. The van der Waals surface area contributed by atoms with Crippen LogP contribution in [-0.2, 0) is 0 Å². The minimum Gasteiger partial charge on any atom is -0.170 e. The van der Waals surface area contributed by atoms with Gasteiger partial charge in [-0.1, -0.05) is 76.3 Å². The highest BCUT2D eigenvalue weighted by atomic mass is 35.6. The highest BCUT2D eigenvalue weighted by Crippen LogP contribution is 2.36. The fourth-order valence-electron chi connectivity index (χ4n) is 3.00. The molecule has 0 aromatic heterocycles. The highest BCUT2D eigenvalue weighted by Gasteiger charge is 2.49. The molecule has 0 saturated heterocycles. The van der Waals surface area contributed by atoms with Crippen LogP contribution in [-0.4, -0.2) is 14.5 Å². The first-order chi connectivity index (χ1) is 8.69. The van der Waals surface area contributed by atoms with Crippen LogP contribution >= 0.6 is 11.1 Å². The third-order valence-corrected chi connectivity index (χ3v) is 25.0. The maximum Gasteiger partial charge on any atom is 0.152 e. The average Bonchev–Trinajstić information content (AvgIpc) is 2.27. The Morgan fingerprint density at radius 1 is 0.895 bits per heavy atom. The molecule has 0 radical (unpaired) electrons. The molecule has 1 aromatic carbocycles. The molecule has 0 N–H and O–H groups in total. The van der Waals surface area contributed by atoms with Gasteiger partial charge in [-0.25, -0.2) is 0 Å². The number of hydrogen-bond donors (Lipinski definition) is 0. The summed E-state index contributed by atoms with van der Waals surface area (Å²) in [5, 5.41) is 1.54. The summed E-state index contributed by atoms with van der Waals surface area (Å²) >= 11 is 7.36. The molecule has 0 amide bonds. The molecule has 0 aliphatic carbocycles. The molecule has 0 unspecified atom stereocenters. The highest BCUT2D eigenvalue weighted by molar-refractivity contribution is 7.62. The quantitative estimate of drug-likeness (QED) is 0.501. The van der Waals surface area contributed by atoms with Crippen molar-refractivity contribution in [1.29, 1.82) is 0 Å². The van der Waals surface area contributed by atoms with Gasteiger partial charge in [0.15, 0.2) is 6.90 Å². The molecule has 0 atom stereocenters. The summed E-state index contributed by atoms with van der Waals surface area (Å²) in [6, 6.07) is 13.5. The van der Waals surface area contributed by atoms with E-state index in [1.165, 1.54) is 17.3 Å². The van der Waals surface area contributed by atoms with Gasteiger partial charge >= 0.3 is 0 Å². The van der Waals surface area contributed by atoms with Crippen LogP contribution in [0.15, 0.2) is 30.3 Å². The van der Waals surface area contributed by atoms with Crippen molar-refractivity contribution in [2.24, 2.45) is 11.8 Å². The van der Waals surface area contributed by atoms with E-state index >= 15 is 0 Å². The maximum absolute atomic E-state index is 7.36. The van der Waals surface area contributed by atoms with Crippen molar-refractivity contribution in [3.8, 4) is 0 Å². The van der Waals surface area contributed by atoms with E-state index in [-0.39, 0.29) is 0 Å². The zero-order valence-electron chi connectivity index (χ0n) is 13.3. The molecule has 0 spiro atoms. The third kappa shape index (κ3) is 4.20. The predicted molar refractivity (Wildman–Crippen MR) is 94.5 cm³/mol. The zero-order valence-corrected chi connectivity index (χ0v) is 16.1. The lowest BCUT2D eigenvalue weighted by atomic mass is 10.3. The molecule has 3 heteroatoms. The molecular formula is C16H29ClSi2. The standard InChI is InChI=1S/C16H29ClSi2/c1-14(2)12-19(17,13-15(3)4)18(5,6)16-10-8-7-9-11-16/h7-11,14-15H,12-13H2,1-6H3. The Morgan fingerprint density at radius 3 is 1.68 bits per heavy atom. The van der Waals surface area contributed by atoms with E-state index in [2.05, 4.69) is 71.1 Å². The van der Waals surface area contributed by atoms with E-state index in [1.807, 2.05) is 0 Å². The molecule has 108 valence electrons. The smallest absolute Gasteiger partial charge is 0.152 e. The molecule has 0 aliphatic rings. The zero-order chi connectivity index (χ0) is 14.7. The SMILES string of the molecule is CC(C)C[Si](Cl)(CC(C)C)[Si](C)(C)c1ccccc1. The molecule has 0 heterocycles. The first-order valence-corrected chi connectivity index (χ1v) is 14.9. The molecule has 19 heavy (non-hydrogen) atoms. The van der Waals surface area contributed by atoms with E-state index < -0.39 is 14.5 Å². The number of rotatable bonds is 6. The summed E-state index contributed by atoms with van der Waals surface area (Å²) in [7, 11) is -1.55. The van der Waals surface area contributed by atoms with Crippen LogP contribution in [0.2, 0.25) is 25.2 Å². The first kappa shape index (κ1) is 17.0. The minimum atomic E-state index is -1.73. The third-order valence-electron chi connectivity index (χ3n) is 4.08. The van der Waals surface area contributed by atoms with Gasteiger partial charge in [0.1, 0.15) is 0 Å². The second-order valence-electron chi connectivity index (χ2n) is 7.15. The van der Waals surface area contributed by atoms with Crippen molar-refractivity contribution >= 4 is 30.8 Å². The normalized spacial score (nSPS) is 13.3. The fourth-order valence-corrected chi connectivity index (χ4v) is 18.7. The molecule has 1 aromatic rings. The van der Waals surface area contributed by atoms with Gasteiger partial charge in [0.25, 0.3) is 0 Å². The van der Waals surface area contributed by atoms with Crippen molar-refractivity contribution in [3.05, 3.63) is 30.3 Å². The van der Waals surface area contributed by atoms with Crippen molar-refractivity contribution < 1.29 is 0 Å². The lowest BCUT2D eigenvalue weighted by Crippen LogP contribution is -2.63. The second kappa shape index (κ2) is 6.60. The summed E-state index contributed by atoms with van der Waals surface area (Å²) in [6.45, 7) is 12.5. The molecular weight excluding hydrogens is 284 g/mol. The molecule has 0 saturated carbocycles. The summed E-state index contributed by atoms with van der Waals surface area (Å²) < 4.78 is 0. The van der Waals surface area contributed by atoms with Crippen LogP contribution in [0.5, 0.6) is 0 Å². The number of hydrogen-bond acceptors (Lipinski definition) is 0. The Hall–Kier alpha value is -0.0562. The lowest BCUT2D eigenvalue weighted by molar-refractivity contribution is 0.692. The Morgan fingerprint density at radius 2 is 1.32 bits per heavy atom. The monoisotopic (exact) mass is 312 g/mol. The Labute approximate surface area is 126 Å². The van der Waals surface area contributed by atoms with Crippen molar-refractivity contribution in [2.45, 2.75) is 52.9 Å². The van der Waals surface area contributed by atoms with Crippen LogP contribution in [0.1, 0.15) is 27.7 Å². The molecule has 1 rings (SSSR count). The van der Waals surface area contributed by atoms with Gasteiger partial charge in [0, 0.05) is 0 Å². The molecule has 0 bridgehead atoms. The van der Waals surface area contributed by atoms with Crippen molar-refractivity contribution in [2.75, 3.05) is 0 Å².